The van der Waals surface area contributed by atoms with Crippen LogP contribution in [0.25, 0.3) is 0 Å². The van der Waals surface area contributed by atoms with Crippen LogP contribution in [0.1, 0.15) is 48.3 Å². The molecule has 1 aliphatic rings. The molecule has 1 aromatic rings. The van der Waals surface area contributed by atoms with Gasteiger partial charge in [-0.2, -0.15) is 0 Å². The molecule has 1 saturated heterocycles. The number of nitrogens with one attached hydrogen (secondary N) is 1. The maximum Gasteiger partial charge on any atom is 0.0426 e. The quantitative estimate of drug-likeness (QED) is 0.883. The Kier molecular flexibility index (Phi) is 4.94. The summed E-state index contributed by atoms with van der Waals surface area (Å²) in [5.41, 5.74) is 5.00. The van der Waals surface area contributed by atoms with Gasteiger partial charge >= 0.3 is 0 Å². The molecule has 0 aromatic carbocycles. The Balaban J connectivity index is 1.90. The van der Waals surface area contributed by atoms with Crippen LogP contribution >= 0.6 is 0 Å². The standard InChI is InChI=1S/C16H27N3/c1-12-11-13(2)18-15(4)16(12)14(3)17-7-10-19-8-5-6-9-19/h11,14,17H,5-10H2,1-4H3. The van der Waals surface area contributed by atoms with E-state index in [-0.39, 0.29) is 0 Å². The summed E-state index contributed by atoms with van der Waals surface area (Å²) in [6, 6.07) is 2.57. The zero-order valence-electron chi connectivity index (χ0n) is 12.8. The Morgan fingerprint density at radius 2 is 1.95 bits per heavy atom. The van der Waals surface area contributed by atoms with Gasteiger partial charge in [0, 0.05) is 30.5 Å². The fourth-order valence-corrected chi connectivity index (χ4v) is 3.24. The minimum absolute atomic E-state index is 0.385. The van der Waals surface area contributed by atoms with Gasteiger partial charge in [-0.25, -0.2) is 0 Å². The molecule has 1 aromatic heterocycles. The molecule has 1 fully saturated rings. The highest BCUT2D eigenvalue weighted by molar-refractivity contribution is 5.33. The van der Waals surface area contributed by atoms with E-state index < -0.39 is 0 Å². The van der Waals surface area contributed by atoms with Crippen LogP contribution in [0, 0.1) is 20.8 Å². The van der Waals surface area contributed by atoms with Crippen LogP contribution in [0.5, 0.6) is 0 Å². The van der Waals surface area contributed by atoms with Crippen molar-refractivity contribution in [1.82, 2.24) is 15.2 Å². The predicted molar refractivity (Wildman–Crippen MR) is 80.5 cm³/mol. The summed E-state index contributed by atoms with van der Waals surface area (Å²) in [7, 11) is 0. The molecule has 0 amide bonds. The Morgan fingerprint density at radius 1 is 1.26 bits per heavy atom. The molecule has 19 heavy (non-hydrogen) atoms. The van der Waals surface area contributed by atoms with Crippen LogP contribution < -0.4 is 5.32 Å². The normalized spacial score (nSPS) is 17.9. The van der Waals surface area contributed by atoms with Crippen LogP contribution in [0.15, 0.2) is 6.07 Å². The lowest BCUT2D eigenvalue weighted by molar-refractivity contribution is 0.329. The molecular weight excluding hydrogens is 234 g/mol. The Labute approximate surface area is 117 Å². The van der Waals surface area contributed by atoms with E-state index in [2.05, 4.69) is 49.0 Å². The number of likely N-dealkylation sites (tertiary alicyclic amines) is 1. The molecule has 2 rings (SSSR count). The van der Waals surface area contributed by atoms with E-state index in [0.29, 0.717) is 6.04 Å². The summed E-state index contributed by atoms with van der Waals surface area (Å²) >= 11 is 0. The highest BCUT2D eigenvalue weighted by atomic mass is 15.2. The van der Waals surface area contributed by atoms with Gasteiger partial charge in [0.2, 0.25) is 0 Å². The molecular formula is C16H27N3. The third kappa shape index (κ3) is 3.77. The molecule has 1 atom stereocenters. The molecule has 106 valence electrons. The predicted octanol–water partition coefficient (Wildman–Crippen LogP) is 2.75. The second-order valence-electron chi connectivity index (χ2n) is 5.80. The van der Waals surface area contributed by atoms with Crippen molar-refractivity contribution in [3.63, 3.8) is 0 Å². The van der Waals surface area contributed by atoms with Crippen LogP contribution in [0.2, 0.25) is 0 Å². The van der Waals surface area contributed by atoms with Gasteiger partial charge in [0.1, 0.15) is 0 Å². The molecule has 3 nitrogen and oxygen atoms in total. The van der Waals surface area contributed by atoms with Crippen molar-refractivity contribution in [1.29, 1.82) is 0 Å². The van der Waals surface area contributed by atoms with Crippen molar-refractivity contribution in [2.24, 2.45) is 0 Å². The molecule has 0 saturated carbocycles. The molecule has 0 aliphatic carbocycles. The van der Waals surface area contributed by atoms with Crippen molar-refractivity contribution >= 4 is 0 Å². The fraction of sp³-hybridized carbons (Fsp3) is 0.688. The molecule has 0 bridgehead atoms. The zero-order valence-corrected chi connectivity index (χ0v) is 12.8. The molecule has 0 radical (unpaired) electrons. The van der Waals surface area contributed by atoms with Gasteiger partial charge in [0.15, 0.2) is 0 Å². The lowest BCUT2D eigenvalue weighted by atomic mass is 10.0. The van der Waals surface area contributed by atoms with Crippen LogP contribution in [0.4, 0.5) is 0 Å². The maximum absolute atomic E-state index is 4.59. The van der Waals surface area contributed by atoms with E-state index in [9.17, 15) is 0 Å². The molecule has 1 unspecified atom stereocenters. The number of nitrogens with zero attached hydrogens (tertiary/aromatic N) is 2. The first-order chi connectivity index (χ1) is 9.08. The smallest absolute Gasteiger partial charge is 0.0426 e. The monoisotopic (exact) mass is 261 g/mol. The first-order valence-electron chi connectivity index (χ1n) is 7.48. The molecule has 1 N–H and O–H groups in total. The molecule has 2 heterocycles. The van der Waals surface area contributed by atoms with Crippen molar-refractivity contribution in [3.8, 4) is 0 Å². The van der Waals surface area contributed by atoms with Crippen molar-refractivity contribution in [3.05, 3.63) is 28.6 Å². The molecule has 3 heteroatoms. The maximum atomic E-state index is 4.59. The summed E-state index contributed by atoms with van der Waals surface area (Å²) in [6.45, 7) is 13.4. The van der Waals surface area contributed by atoms with Crippen LogP contribution in [-0.4, -0.2) is 36.1 Å². The van der Waals surface area contributed by atoms with Gasteiger partial charge in [-0.3, -0.25) is 4.98 Å². The van der Waals surface area contributed by atoms with Crippen LogP contribution in [-0.2, 0) is 0 Å². The summed E-state index contributed by atoms with van der Waals surface area (Å²) in [5.74, 6) is 0. The number of hydrogen-bond acceptors (Lipinski definition) is 3. The van der Waals surface area contributed by atoms with Gasteiger partial charge in [0.05, 0.1) is 0 Å². The van der Waals surface area contributed by atoms with E-state index in [1.165, 1.54) is 49.3 Å². The highest BCUT2D eigenvalue weighted by Gasteiger charge is 2.14. The second kappa shape index (κ2) is 6.49. The molecule has 0 spiro atoms. The van der Waals surface area contributed by atoms with Crippen molar-refractivity contribution in [2.75, 3.05) is 26.2 Å². The van der Waals surface area contributed by atoms with Crippen molar-refractivity contribution < 1.29 is 0 Å². The van der Waals surface area contributed by atoms with E-state index in [1.807, 2.05) is 0 Å². The van der Waals surface area contributed by atoms with Gasteiger partial charge in [-0.15, -0.1) is 0 Å². The SMILES string of the molecule is Cc1cc(C)c(C(C)NCCN2CCCC2)c(C)n1. The Bertz CT molecular complexity index is 399. The van der Waals surface area contributed by atoms with Crippen molar-refractivity contribution in [2.45, 2.75) is 46.6 Å². The fourth-order valence-electron chi connectivity index (χ4n) is 3.24. The summed E-state index contributed by atoms with van der Waals surface area (Å²) in [4.78, 5) is 7.14. The summed E-state index contributed by atoms with van der Waals surface area (Å²) < 4.78 is 0. The van der Waals surface area contributed by atoms with Crippen LogP contribution in [0.3, 0.4) is 0 Å². The van der Waals surface area contributed by atoms with E-state index in [0.717, 1.165) is 12.2 Å². The number of hydrogen-bond donors (Lipinski definition) is 1. The van der Waals surface area contributed by atoms with Gasteiger partial charge in [-0.05, 0) is 70.8 Å². The first-order valence-corrected chi connectivity index (χ1v) is 7.48. The summed E-state index contributed by atoms with van der Waals surface area (Å²) in [5, 5.41) is 3.65. The third-order valence-electron chi connectivity index (χ3n) is 4.09. The lowest BCUT2D eigenvalue weighted by Gasteiger charge is -2.21. The first kappa shape index (κ1) is 14.5. The number of rotatable bonds is 5. The van der Waals surface area contributed by atoms with Gasteiger partial charge < -0.3 is 10.2 Å². The number of pyridine rings is 1. The summed E-state index contributed by atoms with van der Waals surface area (Å²) in [6.07, 6.45) is 2.74. The molecule has 1 aliphatic heterocycles. The number of aromatic nitrogens is 1. The zero-order chi connectivity index (χ0) is 13.8. The van der Waals surface area contributed by atoms with E-state index in [4.69, 9.17) is 0 Å². The van der Waals surface area contributed by atoms with Gasteiger partial charge in [-0.1, -0.05) is 0 Å². The second-order valence-corrected chi connectivity index (χ2v) is 5.80. The largest absolute Gasteiger partial charge is 0.309 e. The lowest BCUT2D eigenvalue weighted by Crippen LogP contribution is -2.31. The average Bonchev–Trinajstić information content (AvgIpc) is 2.80. The average molecular weight is 261 g/mol. The Morgan fingerprint density at radius 3 is 2.58 bits per heavy atom. The van der Waals surface area contributed by atoms with Gasteiger partial charge in [0.25, 0.3) is 0 Å². The minimum atomic E-state index is 0.385. The number of aryl methyl sites for hydroxylation is 3. The Hall–Kier alpha value is -0.930. The van der Waals surface area contributed by atoms with E-state index in [1.54, 1.807) is 0 Å². The minimum Gasteiger partial charge on any atom is -0.309 e. The highest BCUT2D eigenvalue weighted by Crippen LogP contribution is 2.21. The third-order valence-corrected chi connectivity index (χ3v) is 4.09. The van der Waals surface area contributed by atoms with E-state index >= 15 is 0 Å². The topological polar surface area (TPSA) is 28.2 Å².